The van der Waals surface area contributed by atoms with Gasteiger partial charge in [-0.3, -0.25) is 4.79 Å². The number of carboxylic acid groups (broad SMARTS) is 1. The molecule has 0 radical (unpaired) electrons. The molecule has 0 aliphatic heterocycles. The third-order valence-electron chi connectivity index (χ3n) is 1.97. The van der Waals surface area contributed by atoms with Gasteiger partial charge in [0, 0.05) is 5.38 Å². The summed E-state index contributed by atoms with van der Waals surface area (Å²) in [4.78, 5) is 10.5. The van der Waals surface area contributed by atoms with Crippen molar-refractivity contribution < 1.29 is 15.0 Å². The van der Waals surface area contributed by atoms with Gasteiger partial charge in [-0.15, -0.1) is 11.6 Å². The summed E-state index contributed by atoms with van der Waals surface area (Å²) in [5, 5.41) is 17.6. The zero-order valence-electron chi connectivity index (χ0n) is 6.03. The lowest BCUT2D eigenvalue weighted by atomic mass is 9.87. The Bertz CT molecular complexity index is 150. The van der Waals surface area contributed by atoms with Crippen LogP contribution in [0.3, 0.4) is 0 Å². The molecule has 0 aromatic heterocycles. The van der Waals surface area contributed by atoms with Gasteiger partial charge in [-0.1, -0.05) is 0 Å². The van der Waals surface area contributed by atoms with E-state index < -0.39 is 18.0 Å². The number of halogens is 1. The van der Waals surface area contributed by atoms with E-state index in [0.717, 1.165) is 0 Å². The SMILES string of the molecule is O=C(O)C1CC(O)CC(Cl)C1. The monoisotopic (exact) mass is 178 g/mol. The first-order valence-electron chi connectivity index (χ1n) is 3.64. The topological polar surface area (TPSA) is 57.5 Å². The third-order valence-corrected chi connectivity index (χ3v) is 2.33. The number of aliphatic hydroxyl groups is 1. The molecule has 0 heterocycles. The minimum Gasteiger partial charge on any atom is -0.481 e. The van der Waals surface area contributed by atoms with Crippen LogP contribution in [0.1, 0.15) is 19.3 Å². The average Bonchev–Trinajstić information content (AvgIpc) is 1.85. The van der Waals surface area contributed by atoms with Gasteiger partial charge < -0.3 is 10.2 Å². The number of alkyl halides is 1. The highest BCUT2D eigenvalue weighted by atomic mass is 35.5. The molecule has 3 atom stereocenters. The molecule has 0 aromatic rings. The summed E-state index contributed by atoms with van der Waals surface area (Å²) < 4.78 is 0. The quantitative estimate of drug-likeness (QED) is 0.585. The fourth-order valence-corrected chi connectivity index (χ4v) is 1.84. The van der Waals surface area contributed by atoms with Gasteiger partial charge in [0.2, 0.25) is 0 Å². The van der Waals surface area contributed by atoms with Crippen LogP contribution in [0.25, 0.3) is 0 Å². The first kappa shape index (κ1) is 8.81. The third kappa shape index (κ3) is 2.34. The number of hydrogen-bond donors (Lipinski definition) is 2. The second kappa shape index (κ2) is 3.41. The van der Waals surface area contributed by atoms with Crippen molar-refractivity contribution in [2.45, 2.75) is 30.7 Å². The lowest BCUT2D eigenvalue weighted by Gasteiger charge is -2.26. The van der Waals surface area contributed by atoms with Gasteiger partial charge in [-0.25, -0.2) is 0 Å². The highest BCUT2D eigenvalue weighted by Gasteiger charge is 2.30. The van der Waals surface area contributed by atoms with Gasteiger partial charge in [0.25, 0.3) is 0 Å². The number of aliphatic carboxylic acids is 1. The molecule has 0 bridgehead atoms. The Morgan fingerprint density at radius 2 is 2.00 bits per heavy atom. The molecule has 2 N–H and O–H groups in total. The Labute approximate surface area is 70.0 Å². The Morgan fingerprint density at radius 1 is 1.36 bits per heavy atom. The molecular formula is C7H11ClO3. The van der Waals surface area contributed by atoms with Crippen molar-refractivity contribution in [3.8, 4) is 0 Å². The first-order chi connectivity index (χ1) is 5.09. The van der Waals surface area contributed by atoms with Crippen molar-refractivity contribution >= 4 is 17.6 Å². The fourth-order valence-electron chi connectivity index (χ4n) is 1.42. The van der Waals surface area contributed by atoms with Crippen LogP contribution in [0.4, 0.5) is 0 Å². The molecule has 1 rings (SSSR count). The highest BCUT2D eigenvalue weighted by Crippen LogP contribution is 2.28. The van der Waals surface area contributed by atoms with E-state index in [-0.39, 0.29) is 5.38 Å². The van der Waals surface area contributed by atoms with Crippen LogP contribution in [-0.2, 0) is 4.79 Å². The van der Waals surface area contributed by atoms with E-state index in [2.05, 4.69) is 0 Å². The molecular weight excluding hydrogens is 168 g/mol. The van der Waals surface area contributed by atoms with Crippen molar-refractivity contribution in [2.75, 3.05) is 0 Å². The van der Waals surface area contributed by atoms with Crippen LogP contribution in [0.15, 0.2) is 0 Å². The molecule has 11 heavy (non-hydrogen) atoms. The summed E-state index contributed by atoms with van der Waals surface area (Å²) in [5.74, 6) is -1.31. The van der Waals surface area contributed by atoms with E-state index in [1.54, 1.807) is 0 Å². The summed E-state index contributed by atoms with van der Waals surface area (Å²) in [6, 6.07) is 0. The molecule has 1 aliphatic rings. The summed E-state index contributed by atoms with van der Waals surface area (Å²) in [7, 11) is 0. The van der Waals surface area contributed by atoms with Crippen molar-refractivity contribution in [3.05, 3.63) is 0 Å². The fraction of sp³-hybridized carbons (Fsp3) is 0.857. The minimum absolute atomic E-state index is 0.181. The van der Waals surface area contributed by atoms with Crippen LogP contribution in [-0.4, -0.2) is 27.7 Å². The molecule has 1 aliphatic carbocycles. The van der Waals surface area contributed by atoms with Crippen LogP contribution in [0.2, 0.25) is 0 Å². The molecule has 64 valence electrons. The Kier molecular flexibility index (Phi) is 2.73. The van der Waals surface area contributed by atoms with E-state index in [1.807, 2.05) is 0 Å². The van der Waals surface area contributed by atoms with Crippen LogP contribution >= 0.6 is 11.6 Å². The predicted octanol–water partition coefficient (Wildman–Crippen LogP) is 0.839. The lowest BCUT2D eigenvalue weighted by molar-refractivity contribution is -0.144. The second-order valence-corrected chi connectivity index (χ2v) is 3.61. The molecule has 3 nitrogen and oxygen atoms in total. The molecule has 0 spiro atoms. The number of carboxylic acids is 1. The molecule has 1 fully saturated rings. The van der Waals surface area contributed by atoms with Crippen molar-refractivity contribution in [1.82, 2.24) is 0 Å². The Hall–Kier alpha value is -0.280. The van der Waals surface area contributed by atoms with Gasteiger partial charge in [0.1, 0.15) is 0 Å². The number of aliphatic hydroxyl groups excluding tert-OH is 1. The zero-order chi connectivity index (χ0) is 8.43. The highest BCUT2D eigenvalue weighted by molar-refractivity contribution is 6.20. The largest absolute Gasteiger partial charge is 0.481 e. The van der Waals surface area contributed by atoms with Gasteiger partial charge in [0.05, 0.1) is 12.0 Å². The number of carbonyl (C=O) groups is 1. The maximum Gasteiger partial charge on any atom is 0.306 e. The van der Waals surface area contributed by atoms with Gasteiger partial charge in [-0.05, 0) is 19.3 Å². The molecule has 1 saturated carbocycles. The molecule has 0 aromatic carbocycles. The molecule has 0 amide bonds. The average molecular weight is 179 g/mol. The van der Waals surface area contributed by atoms with Gasteiger partial charge >= 0.3 is 5.97 Å². The van der Waals surface area contributed by atoms with Gasteiger partial charge in [-0.2, -0.15) is 0 Å². The second-order valence-electron chi connectivity index (χ2n) is 2.99. The summed E-state index contributed by atoms with van der Waals surface area (Å²) >= 11 is 5.73. The minimum atomic E-state index is -0.852. The summed E-state index contributed by atoms with van der Waals surface area (Å²) in [6.07, 6.45) is 0.810. The number of rotatable bonds is 1. The van der Waals surface area contributed by atoms with Crippen molar-refractivity contribution in [2.24, 2.45) is 5.92 Å². The Morgan fingerprint density at radius 3 is 2.45 bits per heavy atom. The van der Waals surface area contributed by atoms with E-state index >= 15 is 0 Å². The van der Waals surface area contributed by atoms with Crippen molar-refractivity contribution in [1.29, 1.82) is 0 Å². The maximum absolute atomic E-state index is 10.5. The standard InChI is InChI=1S/C7H11ClO3/c8-5-1-4(7(10)11)2-6(9)3-5/h4-6,9H,1-3H2,(H,10,11). The van der Waals surface area contributed by atoms with Crippen LogP contribution in [0, 0.1) is 5.92 Å². The molecule has 0 saturated heterocycles. The van der Waals surface area contributed by atoms with E-state index in [9.17, 15) is 4.79 Å². The smallest absolute Gasteiger partial charge is 0.306 e. The molecule has 3 unspecified atom stereocenters. The van der Waals surface area contributed by atoms with E-state index in [1.165, 1.54) is 0 Å². The lowest BCUT2D eigenvalue weighted by Crippen LogP contribution is -2.31. The van der Waals surface area contributed by atoms with Crippen LogP contribution < -0.4 is 0 Å². The maximum atomic E-state index is 10.5. The summed E-state index contributed by atoms with van der Waals surface area (Å²) in [6.45, 7) is 0. The zero-order valence-corrected chi connectivity index (χ0v) is 6.79. The number of hydrogen-bond acceptors (Lipinski definition) is 2. The predicted molar refractivity (Wildman–Crippen MR) is 40.6 cm³/mol. The summed E-state index contributed by atoms with van der Waals surface area (Å²) in [5.41, 5.74) is 0. The Balaban J connectivity index is 2.49. The van der Waals surface area contributed by atoms with E-state index in [0.29, 0.717) is 19.3 Å². The molecule has 4 heteroatoms. The normalized spacial score (nSPS) is 38.5. The van der Waals surface area contributed by atoms with Crippen molar-refractivity contribution in [3.63, 3.8) is 0 Å². The first-order valence-corrected chi connectivity index (χ1v) is 4.08. The van der Waals surface area contributed by atoms with Crippen LogP contribution in [0.5, 0.6) is 0 Å². The van der Waals surface area contributed by atoms with Gasteiger partial charge in [0.15, 0.2) is 0 Å². The van der Waals surface area contributed by atoms with E-state index in [4.69, 9.17) is 21.8 Å².